The van der Waals surface area contributed by atoms with E-state index in [9.17, 15) is 19.1 Å². The lowest BCUT2D eigenvalue weighted by atomic mass is 9.96. The van der Waals surface area contributed by atoms with Crippen LogP contribution in [0, 0.1) is 5.82 Å². The molecule has 0 saturated carbocycles. The number of nitrogens with one attached hydrogen (secondary N) is 3. The number of fused-ring (bicyclic) bond motifs is 2. The number of anilines is 1. The fourth-order valence-corrected chi connectivity index (χ4v) is 5.19. The number of hydrogen-bond donors (Lipinski definition) is 4. The van der Waals surface area contributed by atoms with Gasteiger partial charge in [0.15, 0.2) is 0 Å². The fourth-order valence-electron chi connectivity index (χ4n) is 5.19. The van der Waals surface area contributed by atoms with Crippen LogP contribution in [0.1, 0.15) is 25.8 Å². The number of likely N-dealkylation sites (tertiary alicyclic amines) is 1. The van der Waals surface area contributed by atoms with Crippen molar-refractivity contribution in [2.24, 2.45) is 0 Å². The van der Waals surface area contributed by atoms with E-state index in [1.165, 1.54) is 19.1 Å². The summed E-state index contributed by atoms with van der Waals surface area (Å²) in [6.07, 6.45) is 6.62. The molecule has 2 amide bonds. The molecule has 0 radical (unpaired) electrons. The number of amides is 2. The molecule has 2 aromatic heterocycles. The predicted octanol–water partition coefficient (Wildman–Crippen LogP) is 1.40. The Bertz CT molecular complexity index is 1340. The molecule has 5 unspecified atom stereocenters. The summed E-state index contributed by atoms with van der Waals surface area (Å²) in [6, 6.07) is 4.12. The Kier molecular flexibility index (Phi) is 6.65. The number of hydrogen-bond acceptors (Lipinski definition) is 7. The molecule has 0 spiro atoms. The average Bonchev–Trinajstić information content (AvgIpc) is 3.60. The molecule has 0 aliphatic carbocycles. The number of aromatic nitrogens is 3. The molecule has 10 nitrogen and oxygen atoms in total. The van der Waals surface area contributed by atoms with Crippen molar-refractivity contribution in [2.45, 2.75) is 50.5 Å². The molecule has 11 heteroatoms. The number of H-pyrrole nitrogens is 1. The van der Waals surface area contributed by atoms with Gasteiger partial charge >= 0.3 is 0 Å². The molecule has 4 N–H and O–H groups in total. The van der Waals surface area contributed by atoms with E-state index in [0.717, 1.165) is 16.5 Å². The highest BCUT2D eigenvalue weighted by atomic mass is 19.1. The number of aromatic amines is 1. The van der Waals surface area contributed by atoms with Gasteiger partial charge in [0.2, 0.25) is 17.8 Å². The summed E-state index contributed by atoms with van der Waals surface area (Å²) < 4.78 is 13.9. The zero-order valence-electron chi connectivity index (χ0n) is 20.9. The van der Waals surface area contributed by atoms with Gasteiger partial charge in [-0.15, -0.1) is 0 Å². The highest BCUT2D eigenvalue weighted by Crippen LogP contribution is 2.43. The minimum atomic E-state index is -1.11. The number of halogens is 1. The van der Waals surface area contributed by atoms with Gasteiger partial charge in [-0.1, -0.05) is 0 Å². The standard InChI is InChI=1S/C26H30FN7O3/c1-14(28-3)24(36)32-22(15(2)35)25(37)33-10-7-21-23(33)19(13-34(21)26-29-8-4-9-30-26)18-12-31-20-11-16(27)5-6-17(18)20/h4-6,8-9,11-15,21-23,28,31,35H,7,10H2,1-3H3,(H,32,36). The third-order valence-corrected chi connectivity index (χ3v) is 7.21. The molecular weight excluding hydrogens is 477 g/mol. The zero-order valence-corrected chi connectivity index (χ0v) is 20.9. The minimum Gasteiger partial charge on any atom is -0.391 e. The summed E-state index contributed by atoms with van der Waals surface area (Å²) in [7, 11) is 1.65. The molecule has 37 heavy (non-hydrogen) atoms. The van der Waals surface area contributed by atoms with Crippen LogP contribution in [-0.2, 0) is 9.59 Å². The van der Waals surface area contributed by atoms with E-state index >= 15 is 0 Å². The second-order valence-corrected chi connectivity index (χ2v) is 9.50. The van der Waals surface area contributed by atoms with E-state index in [-0.39, 0.29) is 29.7 Å². The minimum absolute atomic E-state index is 0.145. The van der Waals surface area contributed by atoms with Crippen LogP contribution < -0.4 is 15.5 Å². The molecule has 3 aromatic rings. The number of aliphatic hydroxyl groups excluding tert-OH is 1. The maximum absolute atomic E-state index is 13.9. The SMILES string of the molecule is CNC(C)C(=O)NC(C(=O)N1CCC2C1C(c1c[nH]c3cc(F)ccc13)=CN2c1ncccn1)C(C)O. The highest BCUT2D eigenvalue weighted by molar-refractivity contribution is 5.98. The van der Waals surface area contributed by atoms with E-state index < -0.39 is 18.2 Å². The number of rotatable bonds is 7. The van der Waals surface area contributed by atoms with Crippen molar-refractivity contribution in [3.05, 3.63) is 60.4 Å². The first-order chi connectivity index (χ1) is 17.8. The van der Waals surface area contributed by atoms with Crippen LogP contribution in [0.25, 0.3) is 16.5 Å². The van der Waals surface area contributed by atoms with Crippen molar-refractivity contribution in [1.82, 2.24) is 30.5 Å². The molecule has 1 aromatic carbocycles. The number of nitrogens with zero attached hydrogens (tertiary/aromatic N) is 4. The molecular formula is C26H30FN7O3. The van der Waals surface area contributed by atoms with Gasteiger partial charge in [0, 0.05) is 53.4 Å². The summed E-state index contributed by atoms with van der Waals surface area (Å²) >= 11 is 0. The Balaban J connectivity index is 1.54. The van der Waals surface area contributed by atoms with Gasteiger partial charge in [-0.05, 0) is 51.6 Å². The van der Waals surface area contributed by atoms with Crippen LogP contribution in [0.5, 0.6) is 0 Å². The third kappa shape index (κ3) is 4.44. The van der Waals surface area contributed by atoms with Crippen molar-refractivity contribution >= 4 is 34.2 Å². The van der Waals surface area contributed by atoms with Crippen LogP contribution in [0.15, 0.2) is 49.1 Å². The maximum Gasteiger partial charge on any atom is 0.248 e. The van der Waals surface area contributed by atoms with Gasteiger partial charge in [-0.2, -0.15) is 0 Å². The van der Waals surface area contributed by atoms with Crippen molar-refractivity contribution in [3.8, 4) is 0 Å². The van der Waals surface area contributed by atoms with Gasteiger partial charge in [0.25, 0.3) is 0 Å². The Hall–Kier alpha value is -3.83. The van der Waals surface area contributed by atoms with E-state index in [2.05, 4.69) is 25.6 Å². The normalized spacial score (nSPS) is 21.5. The lowest BCUT2D eigenvalue weighted by Gasteiger charge is -2.32. The topological polar surface area (TPSA) is 126 Å². The molecule has 0 bridgehead atoms. The van der Waals surface area contributed by atoms with Gasteiger partial charge in [-0.3, -0.25) is 9.59 Å². The monoisotopic (exact) mass is 507 g/mol. The molecule has 5 rings (SSSR count). The first kappa shape index (κ1) is 24.8. The van der Waals surface area contributed by atoms with Crippen LogP contribution in [0.2, 0.25) is 0 Å². The summed E-state index contributed by atoms with van der Waals surface area (Å²) in [5, 5.41) is 16.8. The van der Waals surface area contributed by atoms with Crippen molar-refractivity contribution < 1.29 is 19.1 Å². The Morgan fingerprint density at radius 3 is 2.70 bits per heavy atom. The van der Waals surface area contributed by atoms with Crippen LogP contribution in [0.3, 0.4) is 0 Å². The second kappa shape index (κ2) is 9.91. The summed E-state index contributed by atoms with van der Waals surface area (Å²) in [5.41, 5.74) is 2.33. The number of likely N-dealkylation sites (N-methyl/N-ethyl adjacent to an activating group) is 1. The second-order valence-electron chi connectivity index (χ2n) is 9.50. The van der Waals surface area contributed by atoms with Crippen LogP contribution >= 0.6 is 0 Å². The third-order valence-electron chi connectivity index (χ3n) is 7.21. The lowest BCUT2D eigenvalue weighted by molar-refractivity contribution is -0.139. The number of benzene rings is 1. The van der Waals surface area contributed by atoms with Gasteiger partial charge in [0.05, 0.1) is 24.2 Å². The quantitative estimate of drug-likeness (QED) is 0.381. The summed E-state index contributed by atoms with van der Waals surface area (Å²) in [4.78, 5) is 42.1. The number of aliphatic hydroxyl groups is 1. The van der Waals surface area contributed by atoms with Gasteiger partial charge in [0.1, 0.15) is 11.9 Å². The zero-order chi connectivity index (χ0) is 26.3. The summed E-state index contributed by atoms with van der Waals surface area (Å²) in [6.45, 7) is 3.59. The Labute approximate surface area is 213 Å². The summed E-state index contributed by atoms with van der Waals surface area (Å²) in [5.74, 6) is -0.581. The first-order valence-electron chi connectivity index (χ1n) is 12.3. The lowest BCUT2D eigenvalue weighted by Crippen LogP contribution is -2.58. The highest BCUT2D eigenvalue weighted by Gasteiger charge is 2.49. The van der Waals surface area contributed by atoms with Gasteiger partial charge < -0.3 is 30.5 Å². The number of carbonyl (C=O) groups is 2. The van der Waals surface area contributed by atoms with Crippen LogP contribution in [-0.4, -0.2) is 80.6 Å². The predicted molar refractivity (Wildman–Crippen MR) is 137 cm³/mol. The van der Waals surface area contributed by atoms with Crippen molar-refractivity contribution in [1.29, 1.82) is 0 Å². The van der Waals surface area contributed by atoms with Crippen LogP contribution in [0.4, 0.5) is 10.3 Å². The molecule has 2 aliphatic rings. The fraction of sp³-hybridized carbons (Fsp3) is 0.385. The smallest absolute Gasteiger partial charge is 0.248 e. The van der Waals surface area contributed by atoms with E-state index in [1.807, 2.05) is 17.3 Å². The maximum atomic E-state index is 13.9. The Morgan fingerprint density at radius 2 is 2.00 bits per heavy atom. The molecule has 2 aliphatic heterocycles. The Morgan fingerprint density at radius 1 is 1.24 bits per heavy atom. The molecule has 5 atom stereocenters. The van der Waals surface area contributed by atoms with E-state index in [0.29, 0.717) is 24.4 Å². The van der Waals surface area contributed by atoms with Crippen molar-refractivity contribution in [2.75, 3.05) is 18.5 Å². The van der Waals surface area contributed by atoms with E-state index in [1.54, 1.807) is 43.4 Å². The molecule has 1 saturated heterocycles. The van der Waals surface area contributed by atoms with E-state index in [4.69, 9.17) is 0 Å². The first-order valence-corrected chi connectivity index (χ1v) is 12.3. The number of carbonyl (C=O) groups excluding carboxylic acids is 2. The average molecular weight is 508 g/mol. The largest absolute Gasteiger partial charge is 0.391 e. The molecule has 194 valence electrons. The molecule has 1 fully saturated rings. The molecule has 4 heterocycles. The van der Waals surface area contributed by atoms with Gasteiger partial charge in [-0.25, -0.2) is 14.4 Å². The van der Waals surface area contributed by atoms with Crippen molar-refractivity contribution in [3.63, 3.8) is 0 Å².